The van der Waals surface area contributed by atoms with Crippen molar-refractivity contribution in [2.24, 2.45) is 0 Å². The lowest BCUT2D eigenvalue weighted by Crippen LogP contribution is -2.51. The number of alkyl halides is 3. The van der Waals surface area contributed by atoms with Gasteiger partial charge in [-0.2, -0.15) is 18.4 Å². The monoisotopic (exact) mass is 296 g/mol. The summed E-state index contributed by atoms with van der Waals surface area (Å²) in [6.07, 6.45) is -1.44. The Bertz CT molecular complexity index is 604. The highest BCUT2D eigenvalue weighted by molar-refractivity contribution is 5.67. The summed E-state index contributed by atoms with van der Waals surface area (Å²) >= 11 is 0. The van der Waals surface area contributed by atoms with Crippen LogP contribution in [0.3, 0.4) is 0 Å². The quantitative estimate of drug-likeness (QED) is 0.864. The molecular formula is C15H15F3N2O. The third-order valence-electron chi connectivity index (χ3n) is 4.51. The minimum atomic E-state index is -4.55. The number of para-hydroxylation sites is 1. The van der Waals surface area contributed by atoms with Crippen molar-refractivity contribution in [2.75, 3.05) is 4.90 Å². The summed E-state index contributed by atoms with van der Waals surface area (Å²) in [4.78, 5) is 1.46. The zero-order chi connectivity index (χ0) is 15.3. The largest absolute Gasteiger partial charge is 0.418 e. The van der Waals surface area contributed by atoms with Gasteiger partial charge in [0.15, 0.2) is 0 Å². The Morgan fingerprint density at radius 2 is 2.05 bits per heavy atom. The minimum Gasteiger partial charge on any atom is -0.371 e. The van der Waals surface area contributed by atoms with Gasteiger partial charge >= 0.3 is 6.18 Å². The highest BCUT2D eigenvalue weighted by atomic mass is 19.4. The van der Waals surface area contributed by atoms with E-state index in [1.54, 1.807) is 0 Å². The van der Waals surface area contributed by atoms with E-state index in [0.717, 1.165) is 18.9 Å². The van der Waals surface area contributed by atoms with Crippen LogP contribution >= 0.6 is 0 Å². The summed E-state index contributed by atoms with van der Waals surface area (Å²) < 4.78 is 39.9. The maximum atomic E-state index is 13.3. The van der Waals surface area contributed by atoms with E-state index in [1.165, 1.54) is 17.0 Å². The number of aliphatic hydroxyl groups is 1. The Morgan fingerprint density at radius 3 is 2.67 bits per heavy atom. The predicted octanol–water partition coefficient (Wildman–Crippen LogP) is 3.42. The molecular weight excluding hydrogens is 281 g/mol. The van der Waals surface area contributed by atoms with E-state index in [1.807, 2.05) is 6.07 Å². The summed E-state index contributed by atoms with van der Waals surface area (Å²) in [5.41, 5.74) is -2.28. The third-order valence-corrected chi connectivity index (χ3v) is 4.51. The Balaban J connectivity index is 2.20. The fraction of sp³-hybridized carbons (Fsp3) is 0.533. The zero-order valence-electron chi connectivity index (χ0n) is 11.3. The van der Waals surface area contributed by atoms with Crippen molar-refractivity contribution in [1.82, 2.24) is 0 Å². The van der Waals surface area contributed by atoms with Gasteiger partial charge in [-0.3, -0.25) is 0 Å². The van der Waals surface area contributed by atoms with Crippen molar-refractivity contribution in [3.05, 3.63) is 29.3 Å². The van der Waals surface area contributed by atoms with Crippen molar-refractivity contribution >= 4 is 5.69 Å². The van der Waals surface area contributed by atoms with Gasteiger partial charge in [-0.05, 0) is 44.2 Å². The molecule has 3 nitrogen and oxygen atoms in total. The van der Waals surface area contributed by atoms with E-state index in [9.17, 15) is 23.5 Å². The van der Waals surface area contributed by atoms with Crippen molar-refractivity contribution in [2.45, 2.75) is 50.0 Å². The summed E-state index contributed by atoms with van der Waals surface area (Å²) in [6.45, 7) is 0. The second kappa shape index (κ2) is 4.63. The van der Waals surface area contributed by atoms with E-state index < -0.39 is 17.5 Å². The number of anilines is 1. The molecule has 2 bridgehead atoms. The molecule has 6 heteroatoms. The number of piperidine rings is 1. The number of benzene rings is 1. The summed E-state index contributed by atoms with van der Waals surface area (Å²) in [5.74, 6) is 0. The van der Waals surface area contributed by atoms with Gasteiger partial charge < -0.3 is 10.0 Å². The summed E-state index contributed by atoms with van der Waals surface area (Å²) in [7, 11) is 0. The lowest BCUT2D eigenvalue weighted by molar-refractivity contribution is -0.137. The molecule has 2 atom stereocenters. The topological polar surface area (TPSA) is 47.3 Å². The average molecular weight is 296 g/mol. The maximum absolute atomic E-state index is 13.3. The van der Waals surface area contributed by atoms with Crippen LogP contribution in [0.15, 0.2) is 18.2 Å². The predicted molar refractivity (Wildman–Crippen MR) is 70.5 cm³/mol. The first kappa shape index (κ1) is 14.2. The molecule has 1 aromatic carbocycles. The van der Waals surface area contributed by atoms with Gasteiger partial charge in [0.05, 0.1) is 16.8 Å². The minimum absolute atomic E-state index is 0.0305. The van der Waals surface area contributed by atoms with Crippen LogP contribution in [0.4, 0.5) is 18.9 Å². The van der Waals surface area contributed by atoms with E-state index in [0.29, 0.717) is 19.3 Å². The molecule has 2 aliphatic rings. The molecule has 2 fully saturated rings. The van der Waals surface area contributed by atoms with Crippen molar-refractivity contribution in [3.63, 3.8) is 0 Å². The van der Waals surface area contributed by atoms with Crippen LogP contribution in [0, 0.1) is 11.3 Å². The van der Waals surface area contributed by atoms with Crippen molar-refractivity contribution in [3.8, 4) is 6.07 Å². The molecule has 1 aromatic rings. The molecule has 0 aliphatic carbocycles. The Hall–Kier alpha value is -1.74. The average Bonchev–Trinajstić information content (AvgIpc) is 2.61. The van der Waals surface area contributed by atoms with Crippen molar-refractivity contribution < 1.29 is 18.3 Å². The molecule has 2 aliphatic heterocycles. The first-order valence-corrected chi connectivity index (χ1v) is 6.99. The van der Waals surface area contributed by atoms with E-state index in [4.69, 9.17) is 0 Å². The number of rotatable bonds is 1. The second-order valence-electron chi connectivity index (χ2n) is 5.75. The number of hydrogen-bond donors (Lipinski definition) is 1. The van der Waals surface area contributed by atoms with Crippen LogP contribution in [0.2, 0.25) is 0 Å². The van der Waals surface area contributed by atoms with Gasteiger partial charge in [-0.25, -0.2) is 0 Å². The molecule has 21 heavy (non-hydrogen) atoms. The molecule has 0 saturated carbocycles. The molecule has 2 heterocycles. The number of nitrogens with zero attached hydrogens (tertiary/aromatic N) is 2. The number of nitriles is 1. The molecule has 0 spiro atoms. The van der Waals surface area contributed by atoms with Crippen LogP contribution in [0.25, 0.3) is 0 Å². The van der Waals surface area contributed by atoms with Gasteiger partial charge in [0.1, 0.15) is 11.8 Å². The van der Waals surface area contributed by atoms with Gasteiger partial charge in [0.2, 0.25) is 0 Å². The molecule has 0 aromatic heterocycles. The van der Waals surface area contributed by atoms with Crippen LogP contribution < -0.4 is 4.90 Å². The lowest BCUT2D eigenvalue weighted by atomic mass is 9.95. The number of fused-ring (bicyclic) bond motifs is 2. The Morgan fingerprint density at radius 1 is 1.29 bits per heavy atom. The van der Waals surface area contributed by atoms with Crippen LogP contribution in [-0.2, 0) is 6.18 Å². The van der Waals surface area contributed by atoms with Crippen LogP contribution in [0.1, 0.15) is 43.2 Å². The highest BCUT2D eigenvalue weighted by Crippen LogP contribution is 2.49. The maximum Gasteiger partial charge on any atom is 0.418 e. The first-order chi connectivity index (χ1) is 9.87. The fourth-order valence-corrected chi connectivity index (χ4v) is 3.64. The standard InChI is InChI=1S/C15H15F3N2O/c16-15(17,18)12-5-1-3-10(9-19)13(12)20-11-4-2-7-14(20,21)8-6-11/h1,3,5,11,21H,2,4,6-8H2. The second-order valence-corrected chi connectivity index (χ2v) is 5.75. The normalized spacial score (nSPS) is 28.5. The van der Waals surface area contributed by atoms with Crippen LogP contribution in [-0.4, -0.2) is 16.9 Å². The molecule has 0 amide bonds. The summed E-state index contributed by atoms with van der Waals surface area (Å²) in [6, 6.07) is 5.31. The number of halogens is 3. The smallest absolute Gasteiger partial charge is 0.371 e. The fourth-order valence-electron chi connectivity index (χ4n) is 3.64. The Labute approximate surface area is 120 Å². The van der Waals surface area contributed by atoms with E-state index in [2.05, 4.69) is 0 Å². The first-order valence-electron chi connectivity index (χ1n) is 6.99. The Kier molecular flexibility index (Phi) is 3.14. The zero-order valence-corrected chi connectivity index (χ0v) is 11.3. The molecule has 2 unspecified atom stereocenters. The van der Waals surface area contributed by atoms with Gasteiger partial charge in [0, 0.05) is 6.04 Å². The molecule has 2 saturated heterocycles. The molecule has 112 valence electrons. The lowest BCUT2D eigenvalue weighted by Gasteiger charge is -2.44. The summed E-state index contributed by atoms with van der Waals surface area (Å²) in [5, 5.41) is 19.9. The molecule has 0 radical (unpaired) electrons. The SMILES string of the molecule is N#Cc1cccc(C(F)(F)F)c1N1C2CCCC1(O)CC2. The molecule has 3 rings (SSSR count). The highest BCUT2D eigenvalue weighted by Gasteiger charge is 2.50. The number of hydrogen-bond acceptors (Lipinski definition) is 3. The third kappa shape index (κ3) is 2.16. The van der Waals surface area contributed by atoms with Gasteiger partial charge in [0.25, 0.3) is 0 Å². The van der Waals surface area contributed by atoms with Gasteiger partial charge in [-0.15, -0.1) is 0 Å². The van der Waals surface area contributed by atoms with Crippen molar-refractivity contribution in [1.29, 1.82) is 5.26 Å². The van der Waals surface area contributed by atoms with Crippen LogP contribution in [0.5, 0.6) is 0 Å². The van der Waals surface area contributed by atoms with E-state index in [-0.39, 0.29) is 17.3 Å². The van der Waals surface area contributed by atoms with E-state index >= 15 is 0 Å². The molecule has 1 N–H and O–H groups in total. The van der Waals surface area contributed by atoms with Gasteiger partial charge in [-0.1, -0.05) is 6.07 Å².